The number of nitrogens with zero attached hydrogens (tertiary/aromatic N) is 1. The Morgan fingerprint density at radius 3 is 2.27 bits per heavy atom. The van der Waals surface area contributed by atoms with Gasteiger partial charge in [-0.1, -0.05) is 76.7 Å². The van der Waals surface area contributed by atoms with E-state index in [4.69, 9.17) is 66.0 Å². The van der Waals surface area contributed by atoms with E-state index in [9.17, 15) is 13.2 Å². The Hall–Kier alpha value is -3.31. The van der Waals surface area contributed by atoms with E-state index < -0.39 is 33.1 Å². The first-order valence-electron chi connectivity index (χ1n) is 15.1. The maximum Gasteiger partial charge on any atom is 0.252 e. The second-order valence-corrected chi connectivity index (χ2v) is 14.9. The van der Waals surface area contributed by atoms with Crippen molar-refractivity contribution >= 4 is 68.0 Å². The molecule has 1 heterocycles. The zero-order valence-electron chi connectivity index (χ0n) is 25.5. The Balaban J connectivity index is 1.54. The lowest BCUT2D eigenvalue weighted by Crippen LogP contribution is -2.49. The smallest absolute Gasteiger partial charge is 0.252 e. The lowest BCUT2D eigenvalue weighted by atomic mass is 9.85. The maximum atomic E-state index is 14.4. The Morgan fingerprint density at radius 1 is 0.917 bits per heavy atom. The number of halogens is 4. The fourth-order valence-corrected chi connectivity index (χ4v) is 7.68. The number of aliphatic hydroxyl groups is 1. The molecule has 0 unspecified atom stereocenters. The summed E-state index contributed by atoms with van der Waals surface area (Å²) in [6.45, 7) is 0.512. The topological polar surface area (TPSA) is 114 Å². The van der Waals surface area contributed by atoms with Gasteiger partial charge in [0.15, 0.2) is 21.5 Å². The molecule has 1 aliphatic rings. The van der Waals surface area contributed by atoms with Gasteiger partial charge in [-0.3, -0.25) is 4.79 Å². The molecule has 0 aliphatic carbocycles. The predicted octanol–water partition coefficient (Wildman–Crippen LogP) is 7.54. The summed E-state index contributed by atoms with van der Waals surface area (Å²) in [5.41, 5.74) is -0.0354. The third kappa shape index (κ3) is 8.45. The summed E-state index contributed by atoms with van der Waals surface area (Å²) in [6, 6.07) is 24.8. The molecule has 4 aromatic rings. The van der Waals surface area contributed by atoms with Crippen molar-refractivity contribution in [3.63, 3.8) is 0 Å². The average Bonchev–Trinajstić information content (AvgIpc) is 3.46. The predicted molar refractivity (Wildman–Crippen MR) is 189 cm³/mol. The van der Waals surface area contributed by atoms with Gasteiger partial charge in [0.05, 0.1) is 17.3 Å². The van der Waals surface area contributed by atoms with Crippen LogP contribution in [0.25, 0.3) is 0 Å². The van der Waals surface area contributed by atoms with Crippen molar-refractivity contribution in [2.45, 2.75) is 35.8 Å². The van der Waals surface area contributed by atoms with E-state index in [0.29, 0.717) is 51.4 Å². The number of ether oxygens (including phenoxy) is 2. The molecule has 0 bridgehead atoms. The van der Waals surface area contributed by atoms with E-state index in [1.165, 1.54) is 18.2 Å². The van der Waals surface area contributed by atoms with Gasteiger partial charge >= 0.3 is 0 Å². The molecule has 8 nitrogen and oxygen atoms in total. The Bertz CT molecular complexity index is 1890. The van der Waals surface area contributed by atoms with E-state index in [1.54, 1.807) is 72.8 Å². The third-order valence-corrected chi connectivity index (χ3v) is 10.7. The number of carbonyl (C=O) groups is 1. The van der Waals surface area contributed by atoms with Gasteiger partial charge in [-0.2, -0.15) is 0 Å². The molecule has 48 heavy (non-hydrogen) atoms. The highest BCUT2D eigenvalue weighted by atomic mass is 35.5. The van der Waals surface area contributed by atoms with Crippen LogP contribution in [0.4, 0.5) is 0 Å². The van der Waals surface area contributed by atoms with Crippen LogP contribution in [0.2, 0.25) is 20.1 Å². The second kappa shape index (κ2) is 15.9. The van der Waals surface area contributed by atoms with Gasteiger partial charge in [0.1, 0.15) is 5.75 Å². The van der Waals surface area contributed by atoms with Crippen molar-refractivity contribution < 1.29 is 27.8 Å². The molecular weight excluding hydrogens is 718 g/mol. The molecule has 1 aliphatic heterocycles. The van der Waals surface area contributed by atoms with Crippen LogP contribution < -0.4 is 10.1 Å². The van der Waals surface area contributed by atoms with Gasteiger partial charge in [-0.25, -0.2) is 13.4 Å². The van der Waals surface area contributed by atoms with Crippen LogP contribution >= 0.6 is 46.4 Å². The number of nitrogens with one attached hydrogen (secondary N) is 1. The fourth-order valence-electron chi connectivity index (χ4n) is 5.29. The summed E-state index contributed by atoms with van der Waals surface area (Å²) < 4.78 is 39.2. The molecule has 0 radical (unpaired) electrons. The molecule has 13 heteroatoms. The van der Waals surface area contributed by atoms with Crippen LogP contribution in [-0.4, -0.2) is 56.4 Å². The van der Waals surface area contributed by atoms with Crippen molar-refractivity contribution in [2.75, 3.05) is 25.5 Å². The van der Waals surface area contributed by atoms with Gasteiger partial charge in [0, 0.05) is 57.2 Å². The van der Waals surface area contributed by atoms with Gasteiger partial charge in [0.25, 0.3) is 5.91 Å². The van der Waals surface area contributed by atoms with E-state index in [2.05, 4.69) is 5.32 Å². The minimum atomic E-state index is -3.84. The lowest BCUT2D eigenvalue weighted by molar-refractivity contribution is -0.129. The van der Waals surface area contributed by atoms with E-state index in [1.807, 2.05) is 0 Å². The molecule has 5 rings (SSSR count). The Labute approximate surface area is 299 Å². The number of amides is 1. The first-order valence-corrected chi connectivity index (χ1v) is 18.2. The normalized spacial score (nSPS) is 17.4. The molecule has 2 atom stereocenters. The van der Waals surface area contributed by atoms with E-state index >= 15 is 0 Å². The standard InChI is InChI=1S/C35H32Cl4N2O6S/c36-25-10-7-23(30(38)21-25)15-17-40-34(43)35(16-20-48(44,45)28-5-2-1-3-6-28)32(29-14-11-26(37)22-31(29)39)47-33(41-35)24-8-12-27(13-9-24)46-19-4-18-42/h1-3,5-14,21-22,32,42H,4,15-20H2,(H,40,43)/t32-,35-/m1/s1. The first kappa shape index (κ1) is 36.0. The van der Waals surface area contributed by atoms with Crippen LogP contribution in [0.3, 0.4) is 0 Å². The SMILES string of the molecule is O=C(NCCc1ccc(Cl)cc1Cl)[C@]1(CCS(=O)(=O)c2ccccc2)N=C(c2ccc(OCCCO)cc2)O[C@@H]1c1ccc(Cl)cc1Cl. The second-order valence-electron chi connectivity index (χ2n) is 11.1. The maximum absolute atomic E-state index is 14.4. The largest absolute Gasteiger partial charge is 0.494 e. The molecular formula is C35H32Cl4N2O6S. The summed E-state index contributed by atoms with van der Waals surface area (Å²) in [4.78, 5) is 19.4. The highest BCUT2D eigenvalue weighted by Crippen LogP contribution is 2.45. The molecule has 252 valence electrons. The minimum Gasteiger partial charge on any atom is -0.494 e. The summed E-state index contributed by atoms with van der Waals surface area (Å²) >= 11 is 25.3. The molecule has 1 amide bonds. The number of sulfone groups is 1. The first-order chi connectivity index (χ1) is 23.0. The number of hydrogen-bond acceptors (Lipinski definition) is 7. The monoisotopic (exact) mass is 748 g/mol. The quantitative estimate of drug-likeness (QED) is 0.129. The number of aliphatic imine (C=N–C) groups is 1. The molecule has 0 aromatic heterocycles. The van der Waals surface area contributed by atoms with E-state index in [0.717, 1.165) is 5.56 Å². The van der Waals surface area contributed by atoms with Crippen LogP contribution in [0.5, 0.6) is 5.75 Å². The van der Waals surface area contributed by atoms with Gasteiger partial charge < -0.3 is 19.9 Å². The fraction of sp³-hybridized carbons (Fsp3) is 0.257. The summed E-state index contributed by atoms with van der Waals surface area (Å²) in [6.07, 6.45) is -0.480. The minimum absolute atomic E-state index is 0.00819. The van der Waals surface area contributed by atoms with Crippen molar-refractivity contribution in [3.05, 3.63) is 128 Å². The van der Waals surface area contributed by atoms with Crippen LogP contribution in [0, 0.1) is 0 Å². The zero-order chi connectivity index (χ0) is 34.3. The summed E-state index contributed by atoms with van der Waals surface area (Å²) in [7, 11) is -3.84. The highest BCUT2D eigenvalue weighted by Gasteiger charge is 2.54. The number of benzene rings is 4. The van der Waals surface area contributed by atoms with Gasteiger partial charge in [-0.15, -0.1) is 0 Å². The van der Waals surface area contributed by atoms with Crippen LogP contribution in [0.1, 0.15) is 35.6 Å². The number of aliphatic hydroxyl groups excluding tert-OH is 1. The molecule has 0 saturated heterocycles. The molecule has 0 fully saturated rings. The van der Waals surface area contributed by atoms with Crippen molar-refractivity contribution in [1.82, 2.24) is 5.32 Å². The highest BCUT2D eigenvalue weighted by molar-refractivity contribution is 7.91. The van der Waals surface area contributed by atoms with Crippen LogP contribution in [0.15, 0.2) is 101 Å². The zero-order valence-corrected chi connectivity index (χ0v) is 29.4. The Morgan fingerprint density at radius 2 is 1.60 bits per heavy atom. The number of hydrogen-bond donors (Lipinski definition) is 2. The molecule has 0 spiro atoms. The summed E-state index contributed by atoms with van der Waals surface area (Å²) in [5, 5.41) is 13.6. The van der Waals surface area contributed by atoms with Gasteiger partial charge in [-0.05, 0) is 72.6 Å². The Kier molecular flexibility index (Phi) is 11.9. The van der Waals surface area contributed by atoms with Crippen molar-refractivity contribution in [1.29, 1.82) is 0 Å². The number of carbonyl (C=O) groups excluding carboxylic acids is 1. The molecule has 0 saturated carbocycles. The van der Waals surface area contributed by atoms with Crippen LogP contribution in [-0.2, 0) is 25.8 Å². The summed E-state index contributed by atoms with van der Waals surface area (Å²) in [5.74, 6) is -0.263. The third-order valence-electron chi connectivity index (χ3n) is 7.82. The van der Waals surface area contributed by atoms with Crippen molar-refractivity contribution in [2.24, 2.45) is 4.99 Å². The molecule has 4 aromatic carbocycles. The van der Waals surface area contributed by atoms with Crippen molar-refractivity contribution in [3.8, 4) is 5.75 Å². The molecule has 2 N–H and O–H groups in total. The number of rotatable bonds is 14. The lowest BCUT2D eigenvalue weighted by Gasteiger charge is -2.31. The van der Waals surface area contributed by atoms with Gasteiger partial charge in [0.2, 0.25) is 5.90 Å². The van der Waals surface area contributed by atoms with E-state index in [-0.39, 0.29) is 35.4 Å². The average molecular weight is 751 g/mol.